The Labute approximate surface area is 106 Å². The second-order valence-electron chi connectivity index (χ2n) is 4.41. The summed E-state index contributed by atoms with van der Waals surface area (Å²) in [5.41, 5.74) is 0.634. The number of aromatic hydroxyl groups is 1. The number of hydrogen-bond donors (Lipinski definition) is 3. The van der Waals surface area contributed by atoms with Crippen molar-refractivity contribution in [2.75, 3.05) is 20.2 Å². The van der Waals surface area contributed by atoms with Gasteiger partial charge in [-0.1, -0.05) is 18.2 Å². The lowest BCUT2D eigenvalue weighted by molar-refractivity contribution is -0.121. The fraction of sp³-hybridized carbons (Fsp3) is 0.462. The molecule has 2 rings (SSSR count). The number of rotatable bonds is 4. The highest BCUT2D eigenvalue weighted by Crippen LogP contribution is 2.16. The molecule has 0 bridgehead atoms. The Morgan fingerprint density at radius 3 is 3.00 bits per heavy atom. The molecule has 0 radical (unpaired) electrons. The molecule has 2 atom stereocenters. The number of ether oxygens (including phenoxy) is 1. The summed E-state index contributed by atoms with van der Waals surface area (Å²) in [5, 5.41) is 15.7. The first-order valence-corrected chi connectivity index (χ1v) is 6.00. The van der Waals surface area contributed by atoms with Crippen LogP contribution in [0.1, 0.15) is 5.56 Å². The van der Waals surface area contributed by atoms with Crippen LogP contribution in [0, 0.1) is 0 Å². The van der Waals surface area contributed by atoms with Crippen LogP contribution in [0.15, 0.2) is 24.3 Å². The molecule has 5 heteroatoms. The molecule has 1 amide bonds. The lowest BCUT2D eigenvalue weighted by Crippen LogP contribution is -2.44. The molecular weight excluding hydrogens is 232 g/mol. The summed E-state index contributed by atoms with van der Waals surface area (Å²) in [6.45, 7) is 1.46. The zero-order chi connectivity index (χ0) is 13.0. The molecule has 0 aromatic heterocycles. The van der Waals surface area contributed by atoms with Crippen LogP contribution in [0.25, 0.3) is 0 Å². The maximum atomic E-state index is 11.9. The molecule has 18 heavy (non-hydrogen) atoms. The Bertz CT molecular complexity index is 422. The topological polar surface area (TPSA) is 70.6 Å². The first-order chi connectivity index (χ1) is 8.70. The fourth-order valence-corrected chi connectivity index (χ4v) is 2.14. The molecule has 3 N–H and O–H groups in total. The summed E-state index contributed by atoms with van der Waals surface area (Å²) in [7, 11) is 1.64. The van der Waals surface area contributed by atoms with Gasteiger partial charge >= 0.3 is 0 Å². The van der Waals surface area contributed by atoms with Crippen molar-refractivity contribution in [3.63, 3.8) is 0 Å². The van der Waals surface area contributed by atoms with Crippen molar-refractivity contribution in [3.05, 3.63) is 29.8 Å². The first kappa shape index (κ1) is 12.9. The van der Waals surface area contributed by atoms with E-state index in [0.717, 1.165) is 6.54 Å². The third kappa shape index (κ3) is 3.00. The molecular formula is C13H18N2O3. The minimum atomic E-state index is -0.104. The second kappa shape index (κ2) is 5.84. The summed E-state index contributed by atoms with van der Waals surface area (Å²) in [5.74, 6) is 0.0488. The summed E-state index contributed by atoms with van der Waals surface area (Å²) in [6.07, 6.45) is 0.192. The highest BCUT2D eigenvalue weighted by molar-refractivity contribution is 5.79. The zero-order valence-electron chi connectivity index (χ0n) is 10.3. The minimum absolute atomic E-state index is 0.00615. The van der Waals surface area contributed by atoms with E-state index in [2.05, 4.69) is 10.6 Å². The Kier molecular flexibility index (Phi) is 4.17. The number of amides is 1. The van der Waals surface area contributed by atoms with Crippen molar-refractivity contribution in [3.8, 4) is 5.75 Å². The van der Waals surface area contributed by atoms with Crippen LogP contribution in [0.2, 0.25) is 0 Å². The molecule has 1 aliphatic rings. The van der Waals surface area contributed by atoms with Crippen molar-refractivity contribution in [1.82, 2.24) is 10.6 Å². The smallest absolute Gasteiger partial charge is 0.224 e. The summed E-state index contributed by atoms with van der Waals surface area (Å²) in [4.78, 5) is 11.9. The lowest BCUT2D eigenvalue weighted by atomic mass is 10.1. The molecule has 0 aliphatic carbocycles. The van der Waals surface area contributed by atoms with Gasteiger partial charge in [0.15, 0.2) is 0 Å². The number of phenols is 1. The average molecular weight is 250 g/mol. The number of phenolic OH excluding ortho intramolecular Hbond substituents is 1. The summed E-state index contributed by atoms with van der Waals surface area (Å²) >= 11 is 0. The molecule has 0 saturated carbocycles. The van der Waals surface area contributed by atoms with Gasteiger partial charge in [-0.05, 0) is 6.07 Å². The van der Waals surface area contributed by atoms with Crippen LogP contribution in [0.5, 0.6) is 5.75 Å². The number of carbonyl (C=O) groups is 1. The van der Waals surface area contributed by atoms with Gasteiger partial charge in [0.25, 0.3) is 0 Å². The van der Waals surface area contributed by atoms with Crippen LogP contribution < -0.4 is 10.6 Å². The SMILES string of the molecule is CO[C@H]1CNCC1NC(=O)Cc1ccccc1O. The van der Waals surface area contributed by atoms with E-state index in [1.165, 1.54) is 0 Å². The molecule has 98 valence electrons. The van der Waals surface area contributed by atoms with Crippen LogP contribution in [0.3, 0.4) is 0 Å². The predicted molar refractivity (Wildman–Crippen MR) is 67.4 cm³/mol. The maximum absolute atomic E-state index is 11.9. The fourth-order valence-electron chi connectivity index (χ4n) is 2.14. The Morgan fingerprint density at radius 2 is 2.28 bits per heavy atom. The Hall–Kier alpha value is -1.59. The number of para-hydroxylation sites is 1. The normalized spacial score (nSPS) is 22.9. The van der Waals surface area contributed by atoms with Crippen molar-refractivity contribution in [1.29, 1.82) is 0 Å². The van der Waals surface area contributed by atoms with Crippen LogP contribution in [-0.2, 0) is 16.0 Å². The molecule has 1 fully saturated rings. The largest absolute Gasteiger partial charge is 0.508 e. The highest BCUT2D eigenvalue weighted by Gasteiger charge is 2.28. The molecule has 0 spiro atoms. The maximum Gasteiger partial charge on any atom is 0.224 e. The van der Waals surface area contributed by atoms with E-state index in [1.807, 2.05) is 0 Å². The molecule has 1 heterocycles. The Balaban J connectivity index is 1.91. The van der Waals surface area contributed by atoms with E-state index >= 15 is 0 Å². The van der Waals surface area contributed by atoms with Crippen molar-refractivity contribution < 1.29 is 14.6 Å². The molecule has 1 aromatic carbocycles. The third-order valence-electron chi connectivity index (χ3n) is 3.15. The molecule has 1 saturated heterocycles. The first-order valence-electron chi connectivity index (χ1n) is 6.00. The molecule has 5 nitrogen and oxygen atoms in total. The van der Waals surface area contributed by atoms with E-state index in [-0.39, 0.29) is 30.2 Å². The molecule has 1 aromatic rings. The minimum Gasteiger partial charge on any atom is -0.508 e. The van der Waals surface area contributed by atoms with Gasteiger partial charge < -0.3 is 20.5 Å². The number of nitrogens with one attached hydrogen (secondary N) is 2. The number of benzene rings is 1. The number of hydrogen-bond acceptors (Lipinski definition) is 4. The van der Waals surface area contributed by atoms with Crippen LogP contribution >= 0.6 is 0 Å². The number of methoxy groups -OCH3 is 1. The van der Waals surface area contributed by atoms with Crippen LogP contribution in [-0.4, -0.2) is 43.4 Å². The van der Waals surface area contributed by atoms with E-state index < -0.39 is 0 Å². The van der Waals surface area contributed by atoms with Crippen LogP contribution in [0.4, 0.5) is 0 Å². The summed E-state index contributed by atoms with van der Waals surface area (Å²) < 4.78 is 5.27. The van der Waals surface area contributed by atoms with Gasteiger partial charge in [0.2, 0.25) is 5.91 Å². The van der Waals surface area contributed by atoms with E-state index in [4.69, 9.17) is 4.74 Å². The van der Waals surface area contributed by atoms with Gasteiger partial charge in [-0.25, -0.2) is 0 Å². The quantitative estimate of drug-likeness (QED) is 0.705. The predicted octanol–water partition coefficient (Wildman–Crippen LogP) is 0.0377. The third-order valence-corrected chi connectivity index (χ3v) is 3.15. The highest BCUT2D eigenvalue weighted by atomic mass is 16.5. The van der Waals surface area contributed by atoms with Gasteiger partial charge in [0.05, 0.1) is 18.6 Å². The zero-order valence-corrected chi connectivity index (χ0v) is 10.3. The van der Waals surface area contributed by atoms with Gasteiger partial charge in [-0.2, -0.15) is 0 Å². The lowest BCUT2D eigenvalue weighted by Gasteiger charge is -2.18. The molecule has 1 unspecified atom stereocenters. The van der Waals surface area contributed by atoms with Gasteiger partial charge in [-0.3, -0.25) is 4.79 Å². The summed E-state index contributed by atoms with van der Waals surface area (Å²) in [6, 6.07) is 6.86. The molecule has 1 aliphatic heterocycles. The van der Waals surface area contributed by atoms with Crippen molar-refractivity contribution in [2.45, 2.75) is 18.6 Å². The number of carbonyl (C=O) groups excluding carboxylic acids is 1. The van der Waals surface area contributed by atoms with Crippen molar-refractivity contribution in [2.24, 2.45) is 0 Å². The average Bonchev–Trinajstić information content (AvgIpc) is 2.79. The van der Waals surface area contributed by atoms with Gasteiger partial charge in [0, 0.05) is 25.8 Å². The van der Waals surface area contributed by atoms with E-state index in [0.29, 0.717) is 12.1 Å². The van der Waals surface area contributed by atoms with E-state index in [9.17, 15) is 9.90 Å². The monoisotopic (exact) mass is 250 g/mol. The Morgan fingerprint density at radius 1 is 1.50 bits per heavy atom. The van der Waals surface area contributed by atoms with Gasteiger partial charge in [-0.15, -0.1) is 0 Å². The second-order valence-corrected chi connectivity index (χ2v) is 4.41. The standard InChI is InChI=1S/C13H18N2O3/c1-18-12-8-14-7-10(12)15-13(17)6-9-4-2-3-5-11(9)16/h2-5,10,12,14,16H,6-8H2,1H3,(H,15,17)/t10?,12-/m0/s1. The van der Waals surface area contributed by atoms with Crippen molar-refractivity contribution >= 4 is 5.91 Å². The van der Waals surface area contributed by atoms with E-state index in [1.54, 1.807) is 31.4 Å². The van der Waals surface area contributed by atoms with Gasteiger partial charge in [0.1, 0.15) is 5.75 Å².